The quantitative estimate of drug-likeness (QED) is 0.385. The van der Waals surface area contributed by atoms with E-state index >= 15 is 0 Å². The first-order valence-corrected chi connectivity index (χ1v) is 5.85. The SMILES string of the molecule is CCC(C)OC(=O)C(=Cc1ccc(F)cc1)C(=O)O. The first-order chi connectivity index (χ1) is 8.93. The zero-order valence-electron chi connectivity index (χ0n) is 10.7. The third-order valence-corrected chi connectivity index (χ3v) is 2.51. The van der Waals surface area contributed by atoms with Gasteiger partial charge in [0, 0.05) is 0 Å². The zero-order chi connectivity index (χ0) is 14.4. The lowest BCUT2D eigenvalue weighted by Gasteiger charge is -2.10. The predicted octanol–water partition coefficient (Wildman–Crippen LogP) is 2.64. The molecule has 1 unspecified atom stereocenters. The van der Waals surface area contributed by atoms with Crippen molar-refractivity contribution >= 4 is 18.0 Å². The van der Waals surface area contributed by atoms with Crippen LogP contribution in [0.1, 0.15) is 25.8 Å². The molecule has 102 valence electrons. The highest BCUT2D eigenvalue weighted by atomic mass is 19.1. The fraction of sp³-hybridized carbons (Fsp3) is 0.286. The Kier molecular flexibility index (Phi) is 5.23. The number of carbonyl (C=O) groups excluding carboxylic acids is 1. The van der Waals surface area contributed by atoms with Crippen molar-refractivity contribution in [3.05, 3.63) is 41.2 Å². The molecular formula is C14H15FO4. The van der Waals surface area contributed by atoms with Crippen LogP contribution in [0.5, 0.6) is 0 Å². The molecule has 0 aromatic heterocycles. The van der Waals surface area contributed by atoms with Crippen LogP contribution in [0.25, 0.3) is 6.08 Å². The molecule has 1 N–H and O–H groups in total. The average Bonchev–Trinajstić information content (AvgIpc) is 2.37. The number of esters is 1. The van der Waals surface area contributed by atoms with Gasteiger partial charge in [0.1, 0.15) is 11.4 Å². The lowest BCUT2D eigenvalue weighted by atomic mass is 10.1. The minimum atomic E-state index is -1.38. The van der Waals surface area contributed by atoms with Crippen LogP contribution in [-0.2, 0) is 14.3 Å². The maximum atomic E-state index is 12.7. The Morgan fingerprint density at radius 3 is 2.42 bits per heavy atom. The maximum Gasteiger partial charge on any atom is 0.345 e. The van der Waals surface area contributed by atoms with Gasteiger partial charge in [-0.1, -0.05) is 19.1 Å². The zero-order valence-corrected chi connectivity index (χ0v) is 10.7. The number of carbonyl (C=O) groups is 2. The average molecular weight is 266 g/mol. The molecule has 1 aromatic carbocycles. The highest BCUT2D eigenvalue weighted by Crippen LogP contribution is 2.11. The van der Waals surface area contributed by atoms with E-state index in [1.54, 1.807) is 6.92 Å². The second-order valence-electron chi connectivity index (χ2n) is 4.04. The molecule has 19 heavy (non-hydrogen) atoms. The number of benzene rings is 1. The number of hydrogen-bond donors (Lipinski definition) is 1. The molecule has 0 radical (unpaired) electrons. The van der Waals surface area contributed by atoms with Crippen LogP contribution in [-0.4, -0.2) is 23.1 Å². The molecule has 0 fully saturated rings. The van der Waals surface area contributed by atoms with Gasteiger partial charge in [0.25, 0.3) is 0 Å². The molecule has 1 aromatic rings. The van der Waals surface area contributed by atoms with Crippen molar-refractivity contribution in [1.29, 1.82) is 0 Å². The van der Waals surface area contributed by atoms with E-state index in [-0.39, 0.29) is 6.10 Å². The number of hydrogen-bond acceptors (Lipinski definition) is 3. The largest absolute Gasteiger partial charge is 0.477 e. The van der Waals surface area contributed by atoms with Gasteiger partial charge in [0.2, 0.25) is 0 Å². The summed E-state index contributed by atoms with van der Waals surface area (Å²) < 4.78 is 17.7. The number of rotatable bonds is 5. The molecule has 0 amide bonds. The fourth-order valence-electron chi connectivity index (χ4n) is 1.26. The smallest absolute Gasteiger partial charge is 0.345 e. The summed E-state index contributed by atoms with van der Waals surface area (Å²) in [5.41, 5.74) is -0.0631. The molecule has 0 saturated heterocycles. The van der Waals surface area contributed by atoms with Crippen molar-refractivity contribution in [1.82, 2.24) is 0 Å². The second kappa shape index (κ2) is 6.68. The Balaban J connectivity index is 2.97. The van der Waals surface area contributed by atoms with Crippen LogP contribution in [0.4, 0.5) is 4.39 Å². The van der Waals surface area contributed by atoms with Crippen molar-refractivity contribution in [2.24, 2.45) is 0 Å². The second-order valence-corrected chi connectivity index (χ2v) is 4.04. The number of ether oxygens (including phenoxy) is 1. The molecule has 0 spiro atoms. The van der Waals surface area contributed by atoms with E-state index < -0.39 is 23.3 Å². The molecule has 0 bridgehead atoms. The minimum Gasteiger partial charge on any atom is -0.477 e. The molecule has 1 rings (SSSR count). The summed E-state index contributed by atoms with van der Waals surface area (Å²) >= 11 is 0. The van der Waals surface area contributed by atoms with Crippen LogP contribution in [0.3, 0.4) is 0 Å². The van der Waals surface area contributed by atoms with Gasteiger partial charge in [-0.2, -0.15) is 0 Å². The molecule has 0 saturated carbocycles. The van der Waals surface area contributed by atoms with Gasteiger partial charge in [0.15, 0.2) is 0 Å². The van der Waals surface area contributed by atoms with E-state index in [0.717, 1.165) is 6.08 Å². The van der Waals surface area contributed by atoms with Gasteiger partial charge < -0.3 is 9.84 Å². The van der Waals surface area contributed by atoms with Gasteiger partial charge >= 0.3 is 11.9 Å². The summed E-state index contributed by atoms with van der Waals surface area (Å²) in [6, 6.07) is 5.14. The minimum absolute atomic E-state index is 0.358. The van der Waals surface area contributed by atoms with Crippen molar-refractivity contribution in [2.45, 2.75) is 26.4 Å². The van der Waals surface area contributed by atoms with Crippen molar-refractivity contribution in [2.75, 3.05) is 0 Å². The molecule has 5 heteroatoms. The van der Waals surface area contributed by atoms with Crippen LogP contribution < -0.4 is 0 Å². The summed E-state index contributed by atoms with van der Waals surface area (Å²) in [7, 11) is 0. The summed E-state index contributed by atoms with van der Waals surface area (Å²) in [6.45, 7) is 3.50. The number of aliphatic carboxylic acids is 1. The Hall–Kier alpha value is -2.17. The molecule has 0 heterocycles. The van der Waals surface area contributed by atoms with Crippen LogP contribution in [0.2, 0.25) is 0 Å². The van der Waals surface area contributed by atoms with E-state index in [9.17, 15) is 14.0 Å². The summed E-state index contributed by atoms with van der Waals surface area (Å²) in [6.07, 6.45) is 1.39. The maximum absolute atomic E-state index is 12.7. The normalized spacial score (nSPS) is 12.9. The van der Waals surface area contributed by atoms with E-state index in [0.29, 0.717) is 12.0 Å². The van der Waals surface area contributed by atoms with Crippen LogP contribution in [0.15, 0.2) is 29.8 Å². The third kappa shape index (κ3) is 4.54. The van der Waals surface area contributed by atoms with Gasteiger partial charge in [-0.3, -0.25) is 0 Å². The van der Waals surface area contributed by atoms with Gasteiger partial charge in [0.05, 0.1) is 6.10 Å². The first kappa shape index (κ1) is 14.9. The lowest BCUT2D eigenvalue weighted by molar-refractivity contribution is -0.147. The number of carboxylic acid groups (broad SMARTS) is 1. The molecule has 0 aliphatic carbocycles. The van der Waals surface area contributed by atoms with E-state index in [1.807, 2.05) is 6.92 Å². The Bertz CT molecular complexity index is 491. The first-order valence-electron chi connectivity index (χ1n) is 5.85. The topological polar surface area (TPSA) is 63.6 Å². The van der Waals surface area contributed by atoms with Gasteiger partial charge in [-0.05, 0) is 37.1 Å². The number of carboxylic acids is 1. The lowest BCUT2D eigenvalue weighted by Crippen LogP contribution is -2.20. The fourth-order valence-corrected chi connectivity index (χ4v) is 1.26. The van der Waals surface area contributed by atoms with Crippen LogP contribution >= 0.6 is 0 Å². The highest BCUT2D eigenvalue weighted by molar-refractivity contribution is 6.17. The van der Waals surface area contributed by atoms with E-state index in [2.05, 4.69) is 0 Å². The monoisotopic (exact) mass is 266 g/mol. The molecule has 0 aliphatic rings. The predicted molar refractivity (Wildman–Crippen MR) is 67.9 cm³/mol. The highest BCUT2D eigenvalue weighted by Gasteiger charge is 2.20. The number of halogens is 1. The van der Waals surface area contributed by atoms with Crippen molar-refractivity contribution in [3.63, 3.8) is 0 Å². The van der Waals surface area contributed by atoms with Gasteiger partial charge in [-0.25, -0.2) is 14.0 Å². The van der Waals surface area contributed by atoms with E-state index in [1.165, 1.54) is 24.3 Å². The summed E-state index contributed by atoms with van der Waals surface area (Å²) in [4.78, 5) is 22.7. The van der Waals surface area contributed by atoms with Crippen molar-refractivity contribution < 1.29 is 23.8 Å². The van der Waals surface area contributed by atoms with Crippen LogP contribution in [0, 0.1) is 5.82 Å². The molecule has 0 aliphatic heterocycles. The Morgan fingerprint density at radius 1 is 1.37 bits per heavy atom. The van der Waals surface area contributed by atoms with E-state index in [4.69, 9.17) is 9.84 Å². The Morgan fingerprint density at radius 2 is 1.95 bits per heavy atom. The summed E-state index contributed by atoms with van der Waals surface area (Å²) in [5.74, 6) is -2.71. The van der Waals surface area contributed by atoms with Crippen molar-refractivity contribution in [3.8, 4) is 0 Å². The molecule has 4 nitrogen and oxygen atoms in total. The van der Waals surface area contributed by atoms with Gasteiger partial charge in [-0.15, -0.1) is 0 Å². The Labute approximate surface area is 110 Å². The molecule has 1 atom stereocenters. The third-order valence-electron chi connectivity index (χ3n) is 2.51. The standard InChI is InChI=1S/C14H15FO4/c1-3-9(2)19-14(18)12(13(16)17)8-10-4-6-11(15)7-5-10/h4-9H,3H2,1-2H3,(H,16,17). The molecular weight excluding hydrogens is 251 g/mol. The summed E-state index contributed by atoms with van der Waals surface area (Å²) in [5, 5.41) is 9.00.